The standard InChI is InChI=1S/C25H22FN3O4/c1-29-12-11-15-13-16(7-9-21(15)29)24-22(33-2)10-8-19(27-24)25(32)28-20(14-23(30)31)17-5-3-4-6-18(17)26/h3-13,20H,14H2,1-2H3,(H,28,32)(H,30,31). The van der Waals surface area contributed by atoms with Crippen LogP contribution in [0, 0.1) is 5.82 Å². The number of methoxy groups -OCH3 is 1. The highest BCUT2D eigenvalue weighted by molar-refractivity contribution is 5.94. The minimum Gasteiger partial charge on any atom is -0.494 e. The van der Waals surface area contributed by atoms with Gasteiger partial charge in [-0.2, -0.15) is 0 Å². The SMILES string of the molecule is COc1ccc(C(=O)NC(CC(=O)O)c2ccccc2F)nc1-c1ccc2c(ccn2C)c1. The van der Waals surface area contributed by atoms with Gasteiger partial charge in [-0.05, 0) is 36.4 Å². The van der Waals surface area contributed by atoms with Gasteiger partial charge in [0.1, 0.15) is 23.0 Å². The third-order valence-corrected chi connectivity index (χ3v) is 5.43. The van der Waals surface area contributed by atoms with Crippen LogP contribution in [0.25, 0.3) is 22.2 Å². The van der Waals surface area contributed by atoms with E-state index in [2.05, 4.69) is 10.3 Å². The van der Waals surface area contributed by atoms with Crippen LogP contribution in [0.4, 0.5) is 4.39 Å². The van der Waals surface area contributed by atoms with Crippen molar-refractivity contribution in [3.63, 3.8) is 0 Å². The third kappa shape index (κ3) is 4.55. The van der Waals surface area contributed by atoms with E-state index in [0.717, 1.165) is 16.5 Å². The number of carboxylic acid groups (broad SMARTS) is 1. The van der Waals surface area contributed by atoms with Crippen molar-refractivity contribution in [1.29, 1.82) is 0 Å². The normalized spacial score (nSPS) is 11.8. The lowest BCUT2D eigenvalue weighted by Crippen LogP contribution is -2.31. The van der Waals surface area contributed by atoms with Crippen LogP contribution in [-0.2, 0) is 11.8 Å². The lowest BCUT2D eigenvalue weighted by molar-refractivity contribution is -0.137. The Morgan fingerprint density at radius 2 is 1.94 bits per heavy atom. The number of carbonyl (C=O) groups excluding carboxylic acids is 1. The summed E-state index contributed by atoms with van der Waals surface area (Å²) in [7, 11) is 3.47. The number of nitrogens with zero attached hydrogens (tertiary/aromatic N) is 2. The van der Waals surface area contributed by atoms with Crippen molar-refractivity contribution in [3.05, 3.63) is 83.9 Å². The number of aryl methyl sites for hydroxylation is 1. The number of nitrogens with one attached hydrogen (secondary N) is 1. The first-order chi connectivity index (χ1) is 15.9. The van der Waals surface area contributed by atoms with Crippen LogP contribution in [0.5, 0.6) is 5.75 Å². The van der Waals surface area contributed by atoms with Crippen molar-refractivity contribution in [1.82, 2.24) is 14.9 Å². The maximum absolute atomic E-state index is 14.3. The van der Waals surface area contributed by atoms with Gasteiger partial charge in [0.25, 0.3) is 5.91 Å². The molecule has 0 saturated heterocycles. The monoisotopic (exact) mass is 447 g/mol. The van der Waals surface area contributed by atoms with Crippen molar-refractivity contribution in [2.75, 3.05) is 7.11 Å². The molecule has 0 aliphatic carbocycles. The summed E-state index contributed by atoms with van der Waals surface area (Å²) < 4.78 is 21.7. The van der Waals surface area contributed by atoms with Crippen LogP contribution in [0.1, 0.15) is 28.5 Å². The predicted molar refractivity (Wildman–Crippen MR) is 122 cm³/mol. The second-order valence-corrected chi connectivity index (χ2v) is 7.59. The van der Waals surface area contributed by atoms with Crippen molar-refractivity contribution in [2.45, 2.75) is 12.5 Å². The van der Waals surface area contributed by atoms with E-state index in [-0.39, 0.29) is 11.3 Å². The molecule has 0 bridgehead atoms. The summed E-state index contributed by atoms with van der Waals surface area (Å²) in [4.78, 5) is 28.8. The van der Waals surface area contributed by atoms with E-state index in [9.17, 15) is 19.1 Å². The van der Waals surface area contributed by atoms with Gasteiger partial charge in [-0.15, -0.1) is 0 Å². The van der Waals surface area contributed by atoms with E-state index in [1.807, 2.05) is 42.1 Å². The van der Waals surface area contributed by atoms with Gasteiger partial charge in [0.15, 0.2) is 0 Å². The van der Waals surface area contributed by atoms with Gasteiger partial charge in [0.2, 0.25) is 0 Å². The Bertz CT molecular complexity index is 1350. The summed E-state index contributed by atoms with van der Waals surface area (Å²) in [5, 5.41) is 12.9. The molecule has 0 fully saturated rings. The fraction of sp³-hybridized carbons (Fsp3) is 0.160. The highest BCUT2D eigenvalue weighted by Crippen LogP contribution is 2.31. The molecule has 0 radical (unpaired) electrons. The van der Waals surface area contributed by atoms with Crippen LogP contribution in [0.3, 0.4) is 0 Å². The molecule has 0 aliphatic rings. The minimum atomic E-state index is -1.16. The van der Waals surface area contributed by atoms with Gasteiger partial charge in [-0.3, -0.25) is 9.59 Å². The number of halogens is 1. The van der Waals surface area contributed by atoms with Crippen molar-refractivity contribution in [3.8, 4) is 17.0 Å². The number of hydrogen-bond donors (Lipinski definition) is 2. The summed E-state index contributed by atoms with van der Waals surface area (Å²) in [5.41, 5.74) is 2.43. The Kier molecular flexibility index (Phi) is 6.08. The number of amides is 1. The summed E-state index contributed by atoms with van der Waals surface area (Å²) >= 11 is 0. The molecule has 1 atom stereocenters. The van der Waals surface area contributed by atoms with Crippen molar-refractivity contribution < 1.29 is 23.8 Å². The maximum Gasteiger partial charge on any atom is 0.305 e. The molecule has 1 unspecified atom stereocenters. The number of ether oxygens (including phenoxy) is 1. The number of carbonyl (C=O) groups is 2. The molecule has 1 amide bonds. The third-order valence-electron chi connectivity index (χ3n) is 5.43. The number of benzene rings is 2. The Balaban J connectivity index is 1.68. The smallest absolute Gasteiger partial charge is 0.305 e. The lowest BCUT2D eigenvalue weighted by Gasteiger charge is -2.18. The Labute approximate surface area is 189 Å². The average Bonchev–Trinajstić information content (AvgIpc) is 3.18. The van der Waals surface area contributed by atoms with Gasteiger partial charge in [-0.25, -0.2) is 9.37 Å². The Morgan fingerprint density at radius 3 is 2.67 bits per heavy atom. The second kappa shape index (κ2) is 9.12. The van der Waals surface area contributed by atoms with Gasteiger partial charge in [-0.1, -0.05) is 24.3 Å². The van der Waals surface area contributed by atoms with Gasteiger partial charge >= 0.3 is 5.97 Å². The zero-order valence-electron chi connectivity index (χ0n) is 18.1. The van der Waals surface area contributed by atoms with Crippen LogP contribution in [0.15, 0.2) is 66.9 Å². The molecular formula is C25H22FN3O4. The molecule has 2 N–H and O–H groups in total. The summed E-state index contributed by atoms with van der Waals surface area (Å²) in [5.74, 6) is -1.89. The first-order valence-electron chi connectivity index (χ1n) is 10.2. The summed E-state index contributed by atoms with van der Waals surface area (Å²) in [6, 6.07) is 15.6. The largest absolute Gasteiger partial charge is 0.494 e. The van der Waals surface area contributed by atoms with Crippen molar-refractivity contribution in [2.24, 2.45) is 7.05 Å². The molecular weight excluding hydrogens is 425 g/mol. The highest BCUT2D eigenvalue weighted by atomic mass is 19.1. The summed E-state index contributed by atoms with van der Waals surface area (Å²) in [6.07, 6.45) is 1.48. The fourth-order valence-electron chi connectivity index (χ4n) is 3.78. The number of aromatic nitrogens is 2. The van der Waals surface area contributed by atoms with Gasteiger partial charge in [0, 0.05) is 35.3 Å². The molecule has 4 aromatic rings. The quantitative estimate of drug-likeness (QED) is 0.440. The molecule has 0 aliphatic heterocycles. The molecule has 2 heterocycles. The van der Waals surface area contributed by atoms with Crippen molar-refractivity contribution >= 4 is 22.8 Å². The maximum atomic E-state index is 14.3. The zero-order chi connectivity index (χ0) is 23.5. The Morgan fingerprint density at radius 1 is 1.15 bits per heavy atom. The number of fused-ring (bicyclic) bond motifs is 1. The van der Waals surface area contributed by atoms with Crippen LogP contribution in [-0.4, -0.2) is 33.6 Å². The predicted octanol–water partition coefficient (Wildman–Crippen LogP) is 4.33. The first-order valence-corrected chi connectivity index (χ1v) is 10.2. The molecule has 2 aromatic carbocycles. The first kappa shape index (κ1) is 22.0. The van der Waals surface area contributed by atoms with Crippen LogP contribution in [0.2, 0.25) is 0 Å². The number of aliphatic carboxylic acids is 1. The molecule has 0 saturated carbocycles. The number of carboxylic acids is 1. The molecule has 2 aromatic heterocycles. The molecule has 0 spiro atoms. The number of hydrogen-bond acceptors (Lipinski definition) is 4. The van der Waals surface area contributed by atoms with E-state index < -0.39 is 30.2 Å². The average molecular weight is 447 g/mol. The zero-order valence-corrected chi connectivity index (χ0v) is 18.1. The van der Waals surface area contributed by atoms with E-state index in [1.165, 1.54) is 31.4 Å². The summed E-state index contributed by atoms with van der Waals surface area (Å²) in [6.45, 7) is 0. The molecule has 33 heavy (non-hydrogen) atoms. The molecule has 4 rings (SSSR count). The van der Waals surface area contributed by atoms with Gasteiger partial charge < -0.3 is 19.7 Å². The van der Waals surface area contributed by atoms with E-state index in [1.54, 1.807) is 12.1 Å². The highest BCUT2D eigenvalue weighted by Gasteiger charge is 2.23. The molecule has 8 heteroatoms. The lowest BCUT2D eigenvalue weighted by atomic mass is 10.0. The number of rotatable bonds is 7. The number of pyridine rings is 1. The molecule has 7 nitrogen and oxygen atoms in total. The van der Waals surface area contributed by atoms with Crippen LogP contribution < -0.4 is 10.1 Å². The second-order valence-electron chi connectivity index (χ2n) is 7.59. The van der Waals surface area contributed by atoms with E-state index in [0.29, 0.717) is 11.4 Å². The van der Waals surface area contributed by atoms with E-state index >= 15 is 0 Å². The Hall–Kier alpha value is -4.20. The fourth-order valence-corrected chi connectivity index (χ4v) is 3.78. The van der Waals surface area contributed by atoms with Crippen LogP contribution >= 0.6 is 0 Å². The minimum absolute atomic E-state index is 0.0608. The van der Waals surface area contributed by atoms with E-state index in [4.69, 9.17) is 4.74 Å². The molecule has 168 valence electrons. The van der Waals surface area contributed by atoms with Gasteiger partial charge in [0.05, 0.1) is 19.6 Å². The topological polar surface area (TPSA) is 93.4 Å².